The Balaban J connectivity index is 2.27. The minimum absolute atomic E-state index is 0.221. The van der Waals surface area contributed by atoms with E-state index in [9.17, 15) is 4.79 Å². The molecule has 0 aliphatic heterocycles. The van der Waals surface area contributed by atoms with E-state index < -0.39 is 0 Å². The molecule has 2 heterocycles. The van der Waals surface area contributed by atoms with Crippen LogP contribution in [-0.2, 0) is 0 Å². The molecule has 0 fully saturated rings. The number of rotatable bonds is 5. The maximum Gasteiger partial charge on any atom is 0.259 e. The maximum atomic E-state index is 12.6. The van der Waals surface area contributed by atoms with Gasteiger partial charge in [0.05, 0.1) is 20.3 Å². The smallest absolute Gasteiger partial charge is 0.259 e. The van der Waals surface area contributed by atoms with Gasteiger partial charge in [0.15, 0.2) is 0 Å². The van der Waals surface area contributed by atoms with Gasteiger partial charge in [-0.05, 0) is 13.0 Å². The third kappa shape index (κ3) is 2.96. The first kappa shape index (κ1) is 14.8. The second-order valence-corrected chi connectivity index (χ2v) is 4.43. The van der Waals surface area contributed by atoms with Gasteiger partial charge in [-0.2, -0.15) is 4.98 Å². The summed E-state index contributed by atoms with van der Waals surface area (Å²) < 4.78 is 15.0. The molecule has 2 aromatic rings. The molecule has 0 radical (unpaired) electrons. The number of hydrogen-bond acceptors (Lipinski definition) is 6. The topological polar surface area (TPSA) is 77.7 Å². The summed E-state index contributed by atoms with van der Waals surface area (Å²) in [4.78, 5) is 18.2. The minimum atomic E-state index is -0.233. The Morgan fingerprint density at radius 3 is 2.62 bits per heavy atom. The van der Waals surface area contributed by atoms with Crippen molar-refractivity contribution in [2.24, 2.45) is 0 Å². The van der Waals surface area contributed by atoms with Gasteiger partial charge in [0.25, 0.3) is 5.91 Å². The lowest BCUT2D eigenvalue weighted by Crippen LogP contribution is -2.30. The van der Waals surface area contributed by atoms with E-state index in [1.165, 1.54) is 20.5 Å². The summed E-state index contributed by atoms with van der Waals surface area (Å²) in [5.74, 6) is 0.381. The Morgan fingerprint density at radius 1 is 1.29 bits per heavy atom. The van der Waals surface area contributed by atoms with E-state index in [4.69, 9.17) is 14.0 Å². The number of methoxy groups -OCH3 is 2. The Morgan fingerprint density at radius 2 is 2.05 bits per heavy atom. The molecule has 0 aliphatic carbocycles. The Kier molecular flexibility index (Phi) is 4.42. The van der Waals surface area contributed by atoms with Crippen LogP contribution in [-0.4, -0.2) is 42.2 Å². The van der Waals surface area contributed by atoms with Gasteiger partial charge in [-0.25, -0.2) is 0 Å². The molecule has 112 valence electrons. The SMILES string of the molecule is COc1ccc(C(=O)N(C)[C@H](C)c2ccon2)c(OC)n1. The highest BCUT2D eigenvalue weighted by molar-refractivity contribution is 5.96. The monoisotopic (exact) mass is 291 g/mol. The standard InChI is InChI=1S/C14H17N3O4/c1-9(11-7-8-21-16-11)17(2)14(18)10-5-6-12(19-3)15-13(10)20-4/h5-9H,1-4H3/t9-/m1/s1. The second kappa shape index (κ2) is 6.25. The van der Waals surface area contributed by atoms with Crippen LogP contribution in [0.15, 0.2) is 29.0 Å². The predicted octanol–water partition coefficient (Wildman–Crippen LogP) is 1.92. The summed E-state index contributed by atoms with van der Waals surface area (Å²) in [6, 6.07) is 4.73. The van der Waals surface area contributed by atoms with Crippen LogP contribution in [0.2, 0.25) is 0 Å². The van der Waals surface area contributed by atoms with E-state index >= 15 is 0 Å². The molecule has 2 aromatic heterocycles. The van der Waals surface area contributed by atoms with Crippen molar-refractivity contribution in [3.05, 3.63) is 35.7 Å². The highest BCUT2D eigenvalue weighted by Gasteiger charge is 2.24. The van der Waals surface area contributed by atoms with E-state index in [0.717, 1.165) is 0 Å². The molecule has 21 heavy (non-hydrogen) atoms. The molecule has 0 N–H and O–H groups in total. The van der Waals surface area contributed by atoms with Gasteiger partial charge in [-0.15, -0.1) is 0 Å². The molecule has 1 atom stereocenters. The Hall–Kier alpha value is -2.57. The fourth-order valence-electron chi connectivity index (χ4n) is 1.86. The van der Waals surface area contributed by atoms with Crippen molar-refractivity contribution >= 4 is 5.91 Å². The number of nitrogens with zero attached hydrogens (tertiary/aromatic N) is 3. The first-order valence-corrected chi connectivity index (χ1v) is 6.35. The summed E-state index contributed by atoms with van der Waals surface area (Å²) >= 11 is 0. The zero-order chi connectivity index (χ0) is 15.4. The van der Waals surface area contributed by atoms with Gasteiger partial charge < -0.3 is 18.9 Å². The summed E-state index contributed by atoms with van der Waals surface area (Å²) in [5, 5.41) is 3.85. The van der Waals surface area contributed by atoms with Gasteiger partial charge in [0, 0.05) is 19.2 Å². The molecule has 7 nitrogen and oxygen atoms in total. The fraction of sp³-hybridized carbons (Fsp3) is 0.357. The van der Waals surface area contributed by atoms with Crippen molar-refractivity contribution in [1.29, 1.82) is 0 Å². The van der Waals surface area contributed by atoms with Crippen LogP contribution in [0.25, 0.3) is 0 Å². The number of ether oxygens (including phenoxy) is 2. The van der Waals surface area contributed by atoms with E-state index in [0.29, 0.717) is 17.1 Å². The van der Waals surface area contributed by atoms with Crippen molar-refractivity contribution in [2.75, 3.05) is 21.3 Å². The summed E-state index contributed by atoms with van der Waals surface area (Å²) in [5.41, 5.74) is 1.03. The van der Waals surface area contributed by atoms with E-state index in [1.54, 1.807) is 30.1 Å². The summed E-state index contributed by atoms with van der Waals surface area (Å²) in [7, 11) is 4.65. The summed E-state index contributed by atoms with van der Waals surface area (Å²) in [6.07, 6.45) is 1.47. The molecule has 1 amide bonds. The second-order valence-electron chi connectivity index (χ2n) is 4.43. The average molecular weight is 291 g/mol. The molecule has 0 saturated carbocycles. The van der Waals surface area contributed by atoms with Crippen LogP contribution in [0.5, 0.6) is 11.8 Å². The highest BCUT2D eigenvalue weighted by atomic mass is 16.5. The first-order chi connectivity index (χ1) is 10.1. The molecule has 0 unspecified atom stereocenters. The number of pyridine rings is 1. The number of amides is 1. The minimum Gasteiger partial charge on any atom is -0.481 e. The number of carbonyl (C=O) groups excluding carboxylic acids is 1. The molecular formula is C14H17N3O4. The lowest BCUT2D eigenvalue weighted by atomic mass is 10.1. The molecule has 0 saturated heterocycles. The Labute approximate surface area is 122 Å². The van der Waals surface area contributed by atoms with Crippen LogP contribution in [0.1, 0.15) is 29.0 Å². The van der Waals surface area contributed by atoms with Crippen molar-refractivity contribution < 1.29 is 18.8 Å². The lowest BCUT2D eigenvalue weighted by molar-refractivity contribution is 0.0733. The van der Waals surface area contributed by atoms with E-state index in [-0.39, 0.29) is 17.8 Å². The highest BCUT2D eigenvalue weighted by Crippen LogP contribution is 2.24. The van der Waals surface area contributed by atoms with Crippen LogP contribution in [0.4, 0.5) is 0 Å². The van der Waals surface area contributed by atoms with Crippen LogP contribution < -0.4 is 9.47 Å². The number of carbonyl (C=O) groups is 1. The molecule has 7 heteroatoms. The fourth-order valence-corrected chi connectivity index (χ4v) is 1.86. The lowest BCUT2D eigenvalue weighted by Gasteiger charge is -2.23. The van der Waals surface area contributed by atoms with Crippen molar-refractivity contribution in [2.45, 2.75) is 13.0 Å². The molecule has 0 aliphatic rings. The summed E-state index contributed by atoms with van der Waals surface area (Å²) in [6.45, 7) is 1.86. The van der Waals surface area contributed by atoms with Crippen molar-refractivity contribution in [3.8, 4) is 11.8 Å². The third-order valence-electron chi connectivity index (χ3n) is 3.25. The molecule has 0 bridgehead atoms. The van der Waals surface area contributed by atoms with E-state index in [2.05, 4.69) is 10.1 Å². The van der Waals surface area contributed by atoms with Crippen LogP contribution in [0.3, 0.4) is 0 Å². The van der Waals surface area contributed by atoms with Crippen LogP contribution >= 0.6 is 0 Å². The molecule has 2 rings (SSSR count). The normalized spacial score (nSPS) is 11.8. The zero-order valence-electron chi connectivity index (χ0n) is 12.4. The van der Waals surface area contributed by atoms with Gasteiger partial charge in [0.1, 0.15) is 17.5 Å². The molecule has 0 aromatic carbocycles. The van der Waals surface area contributed by atoms with Gasteiger partial charge in [-0.3, -0.25) is 4.79 Å². The Bertz CT molecular complexity index is 613. The third-order valence-corrected chi connectivity index (χ3v) is 3.25. The average Bonchev–Trinajstić information content (AvgIpc) is 3.06. The zero-order valence-corrected chi connectivity index (χ0v) is 12.4. The number of hydrogen-bond donors (Lipinski definition) is 0. The maximum absolute atomic E-state index is 12.6. The number of aromatic nitrogens is 2. The van der Waals surface area contributed by atoms with E-state index in [1.807, 2.05) is 6.92 Å². The van der Waals surface area contributed by atoms with Crippen LogP contribution in [0, 0.1) is 0 Å². The van der Waals surface area contributed by atoms with Gasteiger partial charge in [0.2, 0.25) is 11.8 Å². The van der Waals surface area contributed by atoms with Crippen molar-refractivity contribution in [3.63, 3.8) is 0 Å². The largest absolute Gasteiger partial charge is 0.481 e. The quantitative estimate of drug-likeness (QED) is 0.837. The molecule has 0 spiro atoms. The van der Waals surface area contributed by atoms with Gasteiger partial charge >= 0.3 is 0 Å². The molecular weight excluding hydrogens is 274 g/mol. The van der Waals surface area contributed by atoms with Crippen molar-refractivity contribution in [1.82, 2.24) is 15.0 Å². The first-order valence-electron chi connectivity index (χ1n) is 6.35. The predicted molar refractivity (Wildman–Crippen MR) is 74.4 cm³/mol. The van der Waals surface area contributed by atoms with Gasteiger partial charge in [-0.1, -0.05) is 5.16 Å².